The number of aryl methyl sites for hydroxylation is 1. The van der Waals surface area contributed by atoms with E-state index < -0.39 is 0 Å². The number of pyridine rings is 1. The van der Waals surface area contributed by atoms with E-state index in [9.17, 15) is 4.79 Å². The van der Waals surface area contributed by atoms with Crippen molar-refractivity contribution in [1.82, 2.24) is 0 Å². The van der Waals surface area contributed by atoms with Crippen LogP contribution in [-0.4, -0.2) is 5.78 Å². The molecule has 3 saturated carbocycles. The number of rotatable bonds is 3. The average Bonchev–Trinajstić information content (AvgIpc) is 2.59. The summed E-state index contributed by atoms with van der Waals surface area (Å²) in [6, 6.07) is 4.14. The van der Waals surface area contributed by atoms with Gasteiger partial charge in [0.2, 0.25) is 12.3 Å². The lowest BCUT2D eigenvalue weighted by molar-refractivity contribution is -0.684. The van der Waals surface area contributed by atoms with Gasteiger partial charge in [-0.1, -0.05) is 25.7 Å². The zero-order valence-corrected chi connectivity index (χ0v) is 15.1. The van der Waals surface area contributed by atoms with Gasteiger partial charge in [-0.3, -0.25) is 4.79 Å². The second-order valence-electron chi connectivity index (χ2n) is 8.83. The van der Waals surface area contributed by atoms with Crippen molar-refractivity contribution in [3.05, 3.63) is 30.1 Å². The Morgan fingerprint density at radius 1 is 1.00 bits per heavy atom. The van der Waals surface area contributed by atoms with Crippen LogP contribution >= 0.6 is 0 Å². The van der Waals surface area contributed by atoms with Crippen LogP contribution < -0.4 is 4.57 Å². The molecule has 24 heavy (non-hydrogen) atoms. The van der Waals surface area contributed by atoms with Gasteiger partial charge < -0.3 is 0 Å². The molecule has 1 heterocycles. The summed E-state index contributed by atoms with van der Waals surface area (Å²) in [5, 5.41) is 0. The van der Waals surface area contributed by atoms with E-state index >= 15 is 0 Å². The molecule has 1 aromatic rings. The maximum atomic E-state index is 12.8. The molecule has 0 unspecified atom stereocenters. The predicted octanol–water partition coefficient (Wildman–Crippen LogP) is 4.48. The van der Waals surface area contributed by atoms with Crippen molar-refractivity contribution in [2.24, 2.45) is 29.6 Å². The zero-order valence-electron chi connectivity index (χ0n) is 15.1. The third-order valence-electron chi connectivity index (χ3n) is 7.22. The van der Waals surface area contributed by atoms with Gasteiger partial charge >= 0.3 is 0 Å². The maximum absolute atomic E-state index is 12.8. The molecule has 1 aromatic heterocycles. The monoisotopic (exact) mass is 326 g/mol. The van der Waals surface area contributed by atoms with Crippen LogP contribution in [0.5, 0.6) is 0 Å². The largest absolute Gasteiger partial charge is 0.292 e. The van der Waals surface area contributed by atoms with Crippen LogP contribution in [0.4, 0.5) is 0 Å². The third-order valence-corrected chi connectivity index (χ3v) is 7.22. The summed E-state index contributed by atoms with van der Waals surface area (Å²) in [6.45, 7) is 2.66. The van der Waals surface area contributed by atoms with Crippen LogP contribution in [0.25, 0.3) is 0 Å². The van der Waals surface area contributed by atoms with E-state index in [0.29, 0.717) is 18.2 Å². The smallest absolute Gasteiger partial charge is 0.206 e. The summed E-state index contributed by atoms with van der Waals surface area (Å²) in [4.78, 5) is 12.8. The molecule has 0 aliphatic heterocycles. The minimum Gasteiger partial charge on any atom is -0.292 e. The van der Waals surface area contributed by atoms with Crippen LogP contribution in [0.2, 0.25) is 0 Å². The van der Waals surface area contributed by atoms with Crippen LogP contribution in [0.1, 0.15) is 63.4 Å². The molecular weight excluding hydrogens is 294 g/mol. The first kappa shape index (κ1) is 16.3. The highest BCUT2D eigenvalue weighted by Gasteiger charge is 2.42. The Bertz CT molecular complexity index is 595. The van der Waals surface area contributed by atoms with E-state index in [0.717, 1.165) is 30.1 Å². The van der Waals surface area contributed by atoms with Crippen LogP contribution in [-0.2, 0) is 11.3 Å². The van der Waals surface area contributed by atoms with E-state index in [4.69, 9.17) is 0 Å². The van der Waals surface area contributed by atoms with Gasteiger partial charge in [-0.15, -0.1) is 0 Å². The Labute approximate surface area is 146 Å². The van der Waals surface area contributed by atoms with Crippen LogP contribution in [0.15, 0.2) is 24.5 Å². The number of hydrogen-bond donors (Lipinski definition) is 0. The molecule has 2 nitrogen and oxygen atoms in total. The lowest BCUT2D eigenvalue weighted by atomic mass is 9.58. The third kappa shape index (κ3) is 3.43. The first-order valence-corrected chi connectivity index (χ1v) is 10.2. The van der Waals surface area contributed by atoms with Gasteiger partial charge in [-0.05, 0) is 68.8 Å². The van der Waals surface area contributed by atoms with Gasteiger partial charge in [0.1, 0.15) is 0 Å². The highest BCUT2D eigenvalue weighted by Crippen LogP contribution is 2.51. The van der Waals surface area contributed by atoms with Crippen LogP contribution in [0.3, 0.4) is 0 Å². The summed E-state index contributed by atoms with van der Waals surface area (Å²) < 4.78 is 2.07. The van der Waals surface area contributed by atoms with E-state index in [1.54, 1.807) is 0 Å². The number of aromatic nitrogens is 1. The van der Waals surface area contributed by atoms with Gasteiger partial charge in [0.25, 0.3) is 0 Å². The molecule has 2 heteroatoms. The number of carbonyl (C=O) groups excluding carboxylic acids is 1. The fourth-order valence-electron chi connectivity index (χ4n) is 5.96. The van der Waals surface area contributed by atoms with Crippen molar-refractivity contribution >= 4 is 5.78 Å². The molecule has 0 bridgehead atoms. The second kappa shape index (κ2) is 6.98. The first-order valence-electron chi connectivity index (χ1n) is 10.2. The summed E-state index contributed by atoms with van der Waals surface area (Å²) in [7, 11) is 0. The molecule has 4 rings (SSSR count). The quantitative estimate of drug-likeness (QED) is 0.750. The minimum absolute atomic E-state index is 0.319. The molecule has 0 saturated heterocycles. The Morgan fingerprint density at radius 3 is 2.46 bits per heavy atom. The SMILES string of the molecule is Cc1ccc[n+](CC(=O)[C@H]2CC[C@@H]3C[C@@H]4CCCC[C@@H]4C[C@@H]3C2)c1. The highest BCUT2D eigenvalue weighted by atomic mass is 16.1. The van der Waals surface area contributed by atoms with Crippen molar-refractivity contribution in [1.29, 1.82) is 0 Å². The van der Waals surface area contributed by atoms with Crippen molar-refractivity contribution < 1.29 is 9.36 Å². The Balaban J connectivity index is 1.37. The molecular formula is C22H32NO+. The fraction of sp³-hybridized carbons (Fsp3) is 0.727. The summed E-state index contributed by atoms with van der Waals surface area (Å²) in [5.41, 5.74) is 1.23. The Hall–Kier alpha value is -1.18. The molecule has 0 N–H and O–H groups in total. The van der Waals surface area contributed by atoms with E-state index in [1.807, 2.05) is 12.3 Å². The van der Waals surface area contributed by atoms with Crippen molar-refractivity contribution in [2.45, 2.75) is 71.3 Å². The van der Waals surface area contributed by atoms with Crippen molar-refractivity contribution in [3.8, 4) is 0 Å². The molecule has 0 spiro atoms. The minimum atomic E-state index is 0.319. The standard InChI is InChI=1S/C22H32NO/c1-16-5-4-10-23(14-16)15-22(24)20-9-8-19-11-17-6-2-3-7-18(17)12-21(19)13-20/h4-5,10,14,17-21H,2-3,6-9,11-13,15H2,1H3/q+1/t17-,18+,19+,20-,21+/m0/s1. The van der Waals surface area contributed by atoms with Gasteiger partial charge in [-0.2, -0.15) is 4.57 Å². The topological polar surface area (TPSA) is 20.9 Å². The second-order valence-corrected chi connectivity index (χ2v) is 8.83. The molecule has 0 amide bonds. The van der Waals surface area contributed by atoms with Gasteiger partial charge in [0.15, 0.2) is 12.4 Å². The molecule has 5 atom stereocenters. The number of ketones is 1. The predicted molar refractivity (Wildman–Crippen MR) is 95.4 cm³/mol. The zero-order chi connectivity index (χ0) is 16.5. The van der Waals surface area contributed by atoms with Gasteiger partial charge in [0.05, 0.1) is 0 Å². The fourth-order valence-corrected chi connectivity index (χ4v) is 5.96. The van der Waals surface area contributed by atoms with Gasteiger partial charge in [0, 0.05) is 17.5 Å². The lowest BCUT2D eigenvalue weighted by Crippen LogP contribution is -2.43. The number of carbonyl (C=O) groups is 1. The normalized spacial score (nSPS) is 35.8. The highest BCUT2D eigenvalue weighted by molar-refractivity contribution is 5.79. The van der Waals surface area contributed by atoms with Gasteiger partial charge in [-0.25, -0.2) is 0 Å². The molecule has 130 valence electrons. The molecule has 0 aromatic carbocycles. The number of hydrogen-bond acceptors (Lipinski definition) is 1. The number of Topliss-reactive ketones (excluding diaryl/α,β-unsaturated/α-hetero) is 1. The number of nitrogens with zero attached hydrogens (tertiary/aromatic N) is 1. The Morgan fingerprint density at radius 2 is 1.71 bits per heavy atom. The summed E-state index contributed by atoms with van der Waals surface area (Å²) >= 11 is 0. The molecule has 3 aliphatic rings. The summed E-state index contributed by atoms with van der Waals surface area (Å²) in [6.07, 6.45) is 16.5. The average molecular weight is 327 g/mol. The molecule has 3 aliphatic carbocycles. The first-order chi connectivity index (χ1) is 11.7. The molecule has 0 radical (unpaired) electrons. The lowest BCUT2D eigenvalue weighted by Gasteiger charge is -2.47. The molecule has 3 fully saturated rings. The van der Waals surface area contributed by atoms with E-state index in [-0.39, 0.29) is 0 Å². The van der Waals surface area contributed by atoms with E-state index in [1.165, 1.54) is 56.9 Å². The van der Waals surface area contributed by atoms with Crippen molar-refractivity contribution in [3.63, 3.8) is 0 Å². The summed E-state index contributed by atoms with van der Waals surface area (Å²) in [5.74, 6) is 4.57. The van der Waals surface area contributed by atoms with E-state index in [2.05, 4.69) is 23.8 Å². The Kier molecular flexibility index (Phi) is 4.74. The maximum Gasteiger partial charge on any atom is 0.206 e. The van der Waals surface area contributed by atoms with Crippen molar-refractivity contribution in [2.75, 3.05) is 0 Å². The van der Waals surface area contributed by atoms with Crippen LogP contribution in [0, 0.1) is 36.5 Å². The number of fused-ring (bicyclic) bond motifs is 2.